The highest BCUT2D eigenvalue weighted by molar-refractivity contribution is 5.86. The van der Waals surface area contributed by atoms with E-state index < -0.39 is 18.0 Å². The summed E-state index contributed by atoms with van der Waals surface area (Å²) in [5.41, 5.74) is 0.186. The molecular formula is C18H21F3N2O. The number of rotatable bonds is 2. The van der Waals surface area contributed by atoms with E-state index in [1.807, 2.05) is 4.90 Å². The molecular weight excluding hydrogens is 317 g/mol. The Labute approximate surface area is 139 Å². The molecule has 1 aliphatic rings. The Morgan fingerprint density at radius 3 is 2.67 bits per heavy atom. The fourth-order valence-electron chi connectivity index (χ4n) is 3.70. The van der Waals surface area contributed by atoms with Crippen LogP contribution in [0, 0.1) is 5.92 Å². The zero-order valence-electron chi connectivity index (χ0n) is 13.7. The molecule has 2 aromatic rings. The van der Waals surface area contributed by atoms with E-state index in [4.69, 9.17) is 0 Å². The van der Waals surface area contributed by atoms with Gasteiger partial charge in [0.15, 0.2) is 0 Å². The molecule has 0 radical (unpaired) electrons. The topological polar surface area (TPSA) is 36.4 Å². The second kappa shape index (κ2) is 6.33. The maximum absolute atomic E-state index is 13.2. The lowest BCUT2D eigenvalue weighted by atomic mass is 9.83. The van der Waals surface area contributed by atoms with Gasteiger partial charge in [0.05, 0.1) is 11.1 Å². The fourth-order valence-corrected chi connectivity index (χ4v) is 3.70. The second-order valence-corrected chi connectivity index (χ2v) is 6.72. The monoisotopic (exact) mass is 338 g/mol. The summed E-state index contributed by atoms with van der Waals surface area (Å²) in [5, 5.41) is 10.4. The number of likely N-dealkylation sites (tertiary alicyclic amines) is 1. The number of pyridine rings is 1. The van der Waals surface area contributed by atoms with Crippen LogP contribution in [0.15, 0.2) is 30.5 Å². The SMILES string of the molecule is CC(O)N1C[C@@H](C)C[C@H](c2ccc(C(F)(F)F)c3ncccc23)C1. The molecule has 6 heteroatoms. The Balaban J connectivity index is 2.07. The minimum atomic E-state index is -4.42. The van der Waals surface area contributed by atoms with E-state index >= 15 is 0 Å². The molecule has 1 N–H and O–H groups in total. The molecule has 1 aromatic heterocycles. The standard InChI is InChI=1S/C18H21F3N2O/c1-11-8-13(10-23(9-11)12(2)24)14-5-6-16(18(19,20)21)17-15(14)4-3-7-22-17/h3-7,11-13,24H,8-10H2,1-2H3/t11-,12?,13-/m0/s1. The number of aliphatic hydroxyl groups is 1. The van der Waals surface area contributed by atoms with Crippen LogP contribution in [-0.4, -0.2) is 34.3 Å². The van der Waals surface area contributed by atoms with Crippen LogP contribution < -0.4 is 0 Å². The molecule has 130 valence electrons. The summed E-state index contributed by atoms with van der Waals surface area (Å²) in [6, 6.07) is 6.09. The molecule has 1 aliphatic heterocycles. The van der Waals surface area contributed by atoms with Crippen molar-refractivity contribution in [1.29, 1.82) is 0 Å². The molecule has 3 rings (SSSR count). The summed E-state index contributed by atoms with van der Waals surface area (Å²) in [6.07, 6.45) is -2.70. The number of fused-ring (bicyclic) bond motifs is 1. The predicted octanol–water partition coefficient (Wildman–Crippen LogP) is 4.02. The van der Waals surface area contributed by atoms with Crippen LogP contribution in [0.25, 0.3) is 10.9 Å². The van der Waals surface area contributed by atoms with Gasteiger partial charge in [-0.3, -0.25) is 9.88 Å². The van der Waals surface area contributed by atoms with E-state index in [1.54, 1.807) is 25.1 Å². The van der Waals surface area contributed by atoms with Gasteiger partial charge in [0, 0.05) is 24.7 Å². The second-order valence-electron chi connectivity index (χ2n) is 6.72. The van der Waals surface area contributed by atoms with E-state index in [0.29, 0.717) is 17.8 Å². The molecule has 0 spiro atoms. The molecule has 3 nitrogen and oxygen atoms in total. The highest BCUT2D eigenvalue weighted by Gasteiger charge is 2.35. The van der Waals surface area contributed by atoms with Crippen molar-refractivity contribution in [3.05, 3.63) is 41.6 Å². The summed E-state index contributed by atoms with van der Waals surface area (Å²) in [7, 11) is 0. The van der Waals surface area contributed by atoms with Gasteiger partial charge in [0.1, 0.15) is 6.23 Å². The summed E-state index contributed by atoms with van der Waals surface area (Å²) in [5.74, 6) is 0.449. The minimum absolute atomic E-state index is 0.00400. The summed E-state index contributed by atoms with van der Waals surface area (Å²) in [4.78, 5) is 5.96. The molecule has 0 bridgehead atoms. The van der Waals surface area contributed by atoms with Crippen molar-refractivity contribution in [3.63, 3.8) is 0 Å². The largest absolute Gasteiger partial charge is 0.418 e. The Morgan fingerprint density at radius 2 is 2.00 bits per heavy atom. The maximum atomic E-state index is 13.2. The number of halogens is 3. The summed E-state index contributed by atoms with van der Waals surface area (Å²) < 4.78 is 39.7. The molecule has 1 saturated heterocycles. The van der Waals surface area contributed by atoms with Gasteiger partial charge in [-0.15, -0.1) is 0 Å². The van der Waals surface area contributed by atoms with Crippen LogP contribution in [0.4, 0.5) is 13.2 Å². The molecule has 0 saturated carbocycles. The van der Waals surface area contributed by atoms with Gasteiger partial charge in [-0.25, -0.2) is 0 Å². The lowest BCUT2D eigenvalue weighted by Gasteiger charge is -2.38. The van der Waals surface area contributed by atoms with Gasteiger partial charge in [0.2, 0.25) is 0 Å². The Bertz CT molecular complexity index is 730. The number of aromatic nitrogens is 1. The van der Waals surface area contributed by atoms with Crippen molar-refractivity contribution in [1.82, 2.24) is 9.88 Å². The van der Waals surface area contributed by atoms with E-state index in [9.17, 15) is 18.3 Å². The van der Waals surface area contributed by atoms with Crippen molar-refractivity contribution >= 4 is 10.9 Å². The number of aliphatic hydroxyl groups excluding tert-OH is 1. The molecule has 1 aromatic carbocycles. The van der Waals surface area contributed by atoms with E-state index in [0.717, 1.165) is 24.6 Å². The quantitative estimate of drug-likeness (QED) is 0.898. The van der Waals surface area contributed by atoms with E-state index in [-0.39, 0.29) is 11.4 Å². The number of benzene rings is 1. The van der Waals surface area contributed by atoms with Crippen molar-refractivity contribution in [2.75, 3.05) is 13.1 Å². The van der Waals surface area contributed by atoms with Gasteiger partial charge >= 0.3 is 6.18 Å². The molecule has 24 heavy (non-hydrogen) atoms. The molecule has 3 atom stereocenters. The Hall–Kier alpha value is -1.66. The lowest BCUT2D eigenvalue weighted by molar-refractivity contribution is -0.136. The Kier molecular flexibility index (Phi) is 4.53. The average molecular weight is 338 g/mol. The summed E-state index contributed by atoms with van der Waals surface area (Å²) in [6.45, 7) is 5.26. The first kappa shape index (κ1) is 17.2. The molecule has 1 unspecified atom stereocenters. The number of nitrogens with zero attached hydrogens (tertiary/aromatic N) is 2. The third-order valence-corrected chi connectivity index (χ3v) is 4.77. The molecule has 2 heterocycles. The third kappa shape index (κ3) is 3.26. The fraction of sp³-hybridized carbons (Fsp3) is 0.500. The average Bonchev–Trinajstić information content (AvgIpc) is 2.52. The van der Waals surface area contributed by atoms with Crippen LogP contribution in [0.1, 0.15) is 37.3 Å². The first-order chi connectivity index (χ1) is 11.3. The van der Waals surface area contributed by atoms with Gasteiger partial charge in [-0.05, 0) is 42.9 Å². The third-order valence-electron chi connectivity index (χ3n) is 4.77. The van der Waals surface area contributed by atoms with Crippen molar-refractivity contribution in [2.24, 2.45) is 5.92 Å². The highest BCUT2D eigenvalue weighted by atomic mass is 19.4. The van der Waals surface area contributed by atoms with Gasteiger partial charge in [0.25, 0.3) is 0 Å². The van der Waals surface area contributed by atoms with Crippen molar-refractivity contribution < 1.29 is 18.3 Å². The number of piperidine rings is 1. The zero-order valence-corrected chi connectivity index (χ0v) is 13.7. The number of alkyl halides is 3. The highest BCUT2D eigenvalue weighted by Crippen LogP contribution is 2.39. The number of hydrogen-bond acceptors (Lipinski definition) is 3. The van der Waals surface area contributed by atoms with Crippen molar-refractivity contribution in [2.45, 2.75) is 38.6 Å². The Morgan fingerprint density at radius 1 is 1.25 bits per heavy atom. The van der Waals surface area contributed by atoms with Crippen LogP contribution >= 0.6 is 0 Å². The van der Waals surface area contributed by atoms with Gasteiger partial charge in [-0.2, -0.15) is 13.2 Å². The van der Waals surface area contributed by atoms with E-state index in [2.05, 4.69) is 11.9 Å². The molecule has 1 fully saturated rings. The van der Waals surface area contributed by atoms with Crippen LogP contribution in [-0.2, 0) is 6.18 Å². The number of hydrogen-bond donors (Lipinski definition) is 1. The van der Waals surface area contributed by atoms with E-state index in [1.165, 1.54) is 6.20 Å². The minimum Gasteiger partial charge on any atom is -0.379 e. The van der Waals surface area contributed by atoms with Crippen LogP contribution in [0.5, 0.6) is 0 Å². The smallest absolute Gasteiger partial charge is 0.379 e. The van der Waals surface area contributed by atoms with Gasteiger partial charge in [-0.1, -0.05) is 19.1 Å². The first-order valence-corrected chi connectivity index (χ1v) is 8.14. The summed E-state index contributed by atoms with van der Waals surface area (Å²) >= 11 is 0. The zero-order chi connectivity index (χ0) is 17.5. The molecule has 0 aliphatic carbocycles. The molecule has 0 amide bonds. The van der Waals surface area contributed by atoms with Gasteiger partial charge < -0.3 is 5.11 Å². The lowest BCUT2D eigenvalue weighted by Crippen LogP contribution is -2.43. The first-order valence-electron chi connectivity index (χ1n) is 8.14. The van der Waals surface area contributed by atoms with Crippen LogP contribution in [0.2, 0.25) is 0 Å². The maximum Gasteiger partial charge on any atom is 0.418 e. The van der Waals surface area contributed by atoms with Crippen LogP contribution in [0.3, 0.4) is 0 Å². The van der Waals surface area contributed by atoms with Crippen molar-refractivity contribution in [3.8, 4) is 0 Å². The normalized spacial score (nSPS) is 24.2. The predicted molar refractivity (Wildman–Crippen MR) is 86.5 cm³/mol.